The summed E-state index contributed by atoms with van der Waals surface area (Å²) in [6.45, 7) is 4.10. The Bertz CT molecular complexity index is 407. The molecule has 3 rings (SSSR count). The van der Waals surface area contributed by atoms with E-state index in [2.05, 4.69) is 36.1 Å². The number of hydrogen-bond donors (Lipinski definition) is 1. The molecule has 2 aliphatic rings. The van der Waals surface area contributed by atoms with Gasteiger partial charge in [-0.25, -0.2) is 0 Å². The quantitative estimate of drug-likeness (QED) is 0.833. The third-order valence-corrected chi connectivity index (χ3v) is 4.35. The minimum Gasteiger partial charge on any atom is -0.329 e. The van der Waals surface area contributed by atoms with Gasteiger partial charge in [0.1, 0.15) is 0 Å². The third kappa shape index (κ3) is 2.45. The molecule has 1 atom stereocenters. The molecule has 2 heteroatoms. The SMILES string of the molecule is CCN(C1CC1)C(CN)c1cccc(C2CC2)c1. The Morgan fingerprint density at radius 2 is 2.06 bits per heavy atom. The molecule has 1 unspecified atom stereocenters. The molecule has 0 saturated heterocycles. The number of nitrogens with two attached hydrogens (primary N) is 1. The second-order valence-electron chi connectivity index (χ2n) is 5.76. The summed E-state index contributed by atoms with van der Waals surface area (Å²) in [4.78, 5) is 2.59. The van der Waals surface area contributed by atoms with E-state index in [0.29, 0.717) is 6.04 Å². The highest BCUT2D eigenvalue weighted by Crippen LogP contribution is 2.41. The number of hydrogen-bond acceptors (Lipinski definition) is 2. The largest absolute Gasteiger partial charge is 0.329 e. The van der Waals surface area contributed by atoms with Gasteiger partial charge >= 0.3 is 0 Å². The number of rotatable bonds is 6. The first kappa shape index (κ1) is 12.2. The maximum Gasteiger partial charge on any atom is 0.0473 e. The van der Waals surface area contributed by atoms with Crippen molar-refractivity contribution < 1.29 is 0 Å². The zero-order chi connectivity index (χ0) is 12.5. The van der Waals surface area contributed by atoms with E-state index in [1.54, 1.807) is 0 Å². The highest BCUT2D eigenvalue weighted by Gasteiger charge is 2.33. The molecule has 2 N–H and O–H groups in total. The van der Waals surface area contributed by atoms with Crippen LogP contribution in [0, 0.1) is 0 Å². The standard InChI is InChI=1S/C16H24N2/c1-2-18(15-8-9-15)16(11-17)14-5-3-4-13(10-14)12-6-7-12/h3-5,10,12,15-16H,2,6-9,11,17H2,1H3. The summed E-state index contributed by atoms with van der Waals surface area (Å²) in [6.07, 6.45) is 5.45. The summed E-state index contributed by atoms with van der Waals surface area (Å²) in [5.74, 6) is 0.833. The lowest BCUT2D eigenvalue weighted by molar-refractivity contribution is 0.202. The number of benzene rings is 1. The topological polar surface area (TPSA) is 29.3 Å². The van der Waals surface area contributed by atoms with Crippen molar-refractivity contribution in [1.82, 2.24) is 4.90 Å². The minimum atomic E-state index is 0.418. The second kappa shape index (κ2) is 5.02. The molecule has 2 nitrogen and oxygen atoms in total. The maximum absolute atomic E-state index is 6.05. The lowest BCUT2D eigenvalue weighted by atomic mass is 10.0. The molecule has 98 valence electrons. The van der Waals surface area contributed by atoms with Crippen molar-refractivity contribution in [2.24, 2.45) is 5.73 Å². The van der Waals surface area contributed by atoms with Gasteiger partial charge in [-0.1, -0.05) is 31.2 Å². The Morgan fingerprint density at radius 3 is 2.61 bits per heavy atom. The van der Waals surface area contributed by atoms with E-state index in [9.17, 15) is 0 Å². The zero-order valence-corrected chi connectivity index (χ0v) is 11.3. The Kier molecular flexibility index (Phi) is 3.40. The molecule has 0 radical (unpaired) electrons. The van der Waals surface area contributed by atoms with Crippen LogP contribution < -0.4 is 5.73 Å². The van der Waals surface area contributed by atoms with Crippen molar-refractivity contribution in [2.45, 2.75) is 50.6 Å². The van der Waals surface area contributed by atoms with Crippen molar-refractivity contribution in [2.75, 3.05) is 13.1 Å². The fourth-order valence-electron chi connectivity index (χ4n) is 3.04. The van der Waals surface area contributed by atoms with Crippen LogP contribution in [0.15, 0.2) is 24.3 Å². The predicted molar refractivity (Wildman–Crippen MR) is 75.6 cm³/mol. The van der Waals surface area contributed by atoms with Gasteiger partial charge in [0, 0.05) is 18.6 Å². The molecule has 0 heterocycles. The first-order valence-corrected chi connectivity index (χ1v) is 7.39. The van der Waals surface area contributed by atoms with Crippen molar-refractivity contribution in [1.29, 1.82) is 0 Å². The summed E-state index contributed by atoms with van der Waals surface area (Å²) in [5.41, 5.74) is 9.00. The van der Waals surface area contributed by atoms with Gasteiger partial charge < -0.3 is 5.73 Å². The van der Waals surface area contributed by atoms with Gasteiger partial charge in [0.15, 0.2) is 0 Å². The van der Waals surface area contributed by atoms with Crippen LogP contribution in [0.1, 0.15) is 55.7 Å². The highest BCUT2D eigenvalue weighted by atomic mass is 15.2. The Hall–Kier alpha value is -0.860. The molecule has 0 amide bonds. The van der Waals surface area contributed by atoms with Crippen LogP contribution in [-0.4, -0.2) is 24.0 Å². The van der Waals surface area contributed by atoms with Gasteiger partial charge in [0.05, 0.1) is 0 Å². The van der Waals surface area contributed by atoms with E-state index in [1.807, 2.05) is 0 Å². The summed E-state index contributed by atoms with van der Waals surface area (Å²) < 4.78 is 0. The van der Waals surface area contributed by atoms with Gasteiger partial charge in [-0.2, -0.15) is 0 Å². The van der Waals surface area contributed by atoms with Crippen molar-refractivity contribution in [3.63, 3.8) is 0 Å². The van der Waals surface area contributed by atoms with Gasteiger partial charge in [-0.3, -0.25) is 4.90 Å². The van der Waals surface area contributed by atoms with Gasteiger partial charge in [0.25, 0.3) is 0 Å². The molecule has 1 aromatic rings. The summed E-state index contributed by atoms with van der Waals surface area (Å²) >= 11 is 0. The lowest BCUT2D eigenvalue weighted by Gasteiger charge is -2.30. The molecule has 18 heavy (non-hydrogen) atoms. The number of likely N-dealkylation sites (N-methyl/N-ethyl adjacent to an activating group) is 1. The average molecular weight is 244 g/mol. The Morgan fingerprint density at radius 1 is 1.28 bits per heavy atom. The third-order valence-electron chi connectivity index (χ3n) is 4.35. The van der Waals surface area contributed by atoms with Crippen molar-refractivity contribution >= 4 is 0 Å². The van der Waals surface area contributed by atoms with Crippen LogP contribution in [0.4, 0.5) is 0 Å². The van der Waals surface area contributed by atoms with Crippen LogP contribution in [-0.2, 0) is 0 Å². The van der Waals surface area contributed by atoms with E-state index < -0.39 is 0 Å². The van der Waals surface area contributed by atoms with E-state index in [1.165, 1.54) is 36.8 Å². The van der Waals surface area contributed by atoms with E-state index in [0.717, 1.165) is 25.0 Å². The van der Waals surface area contributed by atoms with Crippen LogP contribution in [0.25, 0.3) is 0 Å². The van der Waals surface area contributed by atoms with Crippen molar-refractivity contribution in [3.8, 4) is 0 Å². The van der Waals surface area contributed by atoms with E-state index in [4.69, 9.17) is 5.73 Å². The van der Waals surface area contributed by atoms with Crippen LogP contribution in [0.3, 0.4) is 0 Å². The fourth-order valence-corrected chi connectivity index (χ4v) is 3.04. The van der Waals surface area contributed by atoms with Gasteiger partial charge in [-0.05, 0) is 49.3 Å². The maximum atomic E-state index is 6.05. The molecular formula is C16H24N2. The number of nitrogens with zero attached hydrogens (tertiary/aromatic N) is 1. The minimum absolute atomic E-state index is 0.418. The Balaban J connectivity index is 1.82. The second-order valence-corrected chi connectivity index (χ2v) is 5.76. The van der Waals surface area contributed by atoms with Gasteiger partial charge in [0.2, 0.25) is 0 Å². The fraction of sp³-hybridized carbons (Fsp3) is 0.625. The molecule has 2 fully saturated rings. The Labute approximate surface area is 110 Å². The zero-order valence-electron chi connectivity index (χ0n) is 11.3. The highest BCUT2D eigenvalue weighted by molar-refractivity contribution is 5.31. The molecule has 0 spiro atoms. The normalized spacial score (nSPS) is 21.3. The smallest absolute Gasteiger partial charge is 0.0473 e. The summed E-state index contributed by atoms with van der Waals surface area (Å²) in [6, 6.07) is 10.4. The van der Waals surface area contributed by atoms with Crippen LogP contribution in [0.5, 0.6) is 0 Å². The van der Waals surface area contributed by atoms with E-state index in [-0.39, 0.29) is 0 Å². The van der Waals surface area contributed by atoms with Crippen LogP contribution in [0.2, 0.25) is 0 Å². The monoisotopic (exact) mass is 244 g/mol. The molecular weight excluding hydrogens is 220 g/mol. The molecule has 0 bridgehead atoms. The first-order valence-electron chi connectivity index (χ1n) is 7.39. The predicted octanol–water partition coefficient (Wildman–Crippen LogP) is 3.05. The molecule has 0 aliphatic heterocycles. The average Bonchev–Trinajstić information content (AvgIpc) is 3.29. The molecule has 0 aromatic heterocycles. The summed E-state index contributed by atoms with van der Waals surface area (Å²) in [5, 5.41) is 0. The molecule has 1 aromatic carbocycles. The van der Waals surface area contributed by atoms with Crippen LogP contribution >= 0.6 is 0 Å². The summed E-state index contributed by atoms with van der Waals surface area (Å²) in [7, 11) is 0. The first-order chi connectivity index (χ1) is 8.83. The molecule has 2 saturated carbocycles. The molecule has 2 aliphatic carbocycles. The van der Waals surface area contributed by atoms with Crippen molar-refractivity contribution in [3.05, 3.63) is 35.4 Å². The van der Waals surface area contributed by atoms with E-state index >= 15 is 0 Å². The van der Waals surface area contributed by atoms with Gasteiger partial charge in [-0.15, -0.1) is 0 Å². The lowest BCUT2D eigenvalue weighted by Crippen LogP contribution is -2.35.